The van der Waals surface area contributed by atoms with Gasteiger partial charge in [-0.05, 0) is 64.7 Å². The number of rotatable bonds is 10. The first-order valence-electron chi connectivity index (χ1n) is 17.5. The van der Waals surface area contributed by atoms with Crippen LogP contribution in [-0.4, -0.2) is 71.7 Å². The van der Waals surface area contributed by atoms with Gasteiger partial charge in [0, 0.05) is 66.9 Å². The summed E-state index contributed by atoms with van der Waals surface area (Å²) in [5.41, 5.74) is 9.07. The van der Waals surface area contributed by atoms with Crippen LogP contribution in [0.2, 0.25) is 0 Å². The van der Waals surface area contributed by atoms with Crippen molar-refractivity contribution in [3.8, 4) is 11.5 Å². The van der Waals surface area contributed by atoms with Gasteiger partial charge in [-0.3, -0.25) is 9.97 Å². The first-order chi connectivity index (χ1) is 24.9. The van der Waals surface area contributed by atoms with Gasteiger partial charge in [-0.25, -0.2) is 29.0 Å². The summed E-state index contributed by atoms with van der Waals surface area (Å²) in [4.78, 5) is 29.4. The van der Waals surface area contributed by atoms with Crippen molar-refractivity contribution in [2.45, 2.75) is 70.1 Å². The van der Waals surface area contributed by atoms with Crippen LogP contribution in [0.15, 0.2) is 61.4 Å². The number of aromatic nitrogens is 12. The lowest BCUT2D eigenvalue weighted by atomic mass is 10.2. The molecule has 0 spiro atoms. The predicted molar refractivity (Wildman–Crippen MR) is 187 cm³/mol. The second kappa shape index (κ2) is 11.3. The number of fused-ring (bicyclic) bond motifs is 4. The minimum Gasteiger partial charge on any atom is -0.497 e. The number of imidazole rings is 2. The number of hydrogen-bond donors (Lipinski definition) is 0. The highest BCUT2D eigenvalue weighted by molar-refractivity contribution is 5.55. The molecule has 2 saturated carbocycles. The van der Waals surface area contributed by atoms with E-state index in [0.717, 1.165) is 92.7 Å². The second-order valence-corrected chi connectivity index (χ2v) is 13.7. The van der Waals surface area contributed by atoms with Gasteiger partial charge in [0.1, 0.15) is 11.4 Å². The van der Waals surface area contributed by atoms with Crippen LogP contribution in [0, 0.1) is 13.8 Å². The smallest absolute Gasteiger partial charge is 0.179 e. The largest absolute Gasteiger partial charge is 0.497 e. The van der Waals surface area contributed by atoms with Gasteiger partial charge >= 0.3 is 0 Å². The fourth-order valence-corrected chi connectivity index (χ4v) is 7.35. The fourth-order valence-electron chi connectivity index (χ4n) is 7.35. The van der Waals surface area contributed by atoms with Gasteiger partial charge in [0.25, 0.3) is 0 Å². The summed E-state index contributed by atoms with van der Waals surface area (Å²) in [6.07, 6.45) is 15.2. The SMILES string of the molecule is CCOc1cccn2cc(C3CC3c3nc4c(CCc5cnc(C)c6nc(C7CC7c7cn8ccc(OC)cc8n7)nn56)ncc(C)n4n3)nc12. The van der Waals surface area contributed by atoms with Crippen LogP contribution in [-0.2, 0) is 12.8 Å². The Morgan fingerprint density at radius 2 is 1.53 bits per heavy atom. The quantitative estimate of drug-likeness (QED) is 0.189. The summed E-state index contributed by atoms with van der Waals surface area (Å²) in [6, 6.07) is 7.84. The van der Waals surface area contributed by atoms with Gasteiger partial charge < -0.3 is 18.3 Å². The third-order valence-electron chi connectivity index (χ3n) is 10.3. The third-order valence-corrected chi connectivity index (χ3v) is 10.3. The van der Waals surface area contributed by atoms with Gasteiger partial charge in [-0.1, -0.05) is 0 Å². The molecule has 10 rings (SSSR count). The molecule has 8 aromatic rings. The Hall–Kier alpha value is -5.92. The maximum Gasteiger partial charge on any atom is 0.179 e. The van der Waals surface area contributed by atoms with E-state index in [1.54, 1.807) is 7.11 Å². The maximum absolute atomic E-state index is 5.81. The highest BCUT2D eigenvalue weighted by Crippen LogP contribution is 2.54. The summed E-state index contributed by atoms with van der Waals surface area (Å²) in [7, 11) is 1.67. The van der Waals surface area contributed by atoms with Gasteiger partial charge in [0.15, 0.2) is 34.3 Å². The molecule has 8 heterocycles. The molecular weight excluding hydrogens is 644 g/mol. The molecule has 0 bridgehead atoms. The zero-order valence-electron chi connectivity index (χ0n) is 28.8. The summed E-state index contributed by atoms with van der Waals surface area (Å²) >= 11 is 0. The van der Waals surface area contributed by atoms with Crippen LogP contribution >= 0.6 is 0 Å². The lowest BCUT2D eigenvalue weighted by molar-refractivity contribution is 0.342. The third kappa shape index (κ3) is 4.99. The fraction of sp³-hybridized carbons (Fsp3) is 0.351. The normalized spacial score (nSPS) is 19.8. The van der Waals surface area contributed by atoms with E-state index in [1.165, 1.54) is 0 Å². The van der Waals surface area contributed by atoms with E-state index in [9.17, 15) is 0 Å². The van der Waals surface area contributed by atoms with Crippen molar-refractivity contribution in [3.63, 3.8) is 0 Å². The molecule has 0 amide bonds. The molecule has 0 saturated heterocycles. The van der Waals surface area contributed by atoms with Gasteiger partial charge in [-0.2, -0.15) is 10.2 Å². The van der Waals surface area contributed by atoms with Gasteiger partial charge in [-0.15, -0.1) is 0 Å². The Morgan fingerprint density at radius 3 is 2.33 bits per heavy atom. The Balaban J connectivity index is 0.888. The summed E-state index contributed by atoms with van der Waals surface area (Å²) in [5.74, 6) is 4.24. The Bertz CT molecular complexity index is 2630. The molecular formula is C37H36N12O2. The number of nitrogens with zero attached hydrogens (tertiary/aromatic N) is 12. The van der Waals surface area contributed by atoms with Gasteiger partial charge in [0.05, 0.1) is 47.9 Å². The van der Waals surface area contributed by atoms with Crippen molar-refractivity contribution in [1.29, 1.82) is 0 Å². The lowest BCUT2D eigenvalue weighted by Gasteiger charge is -2.06. The molecule has 2 fully saturated rings. The molecule has 4 atom stereocenters. The van der Waals surface area contributed by atoms with Crippen molar-refractivity contribution in [3.05, 3.63) is 107 Å². The monoisotopic (exact) mass is 680 g/mol. The average molecular weight is 681 g/mol. The van der Waals surface area contributed by atoms with E-state index >= 15 is 0 Å². The molecule has 4 unspecified atom stereocenters. The standard InChI is InChI=1S/C37H36N12O2/c1-5-51-31-7-6-11-47-19-30(41-37(31)47)25-15-27(25)34-43-36-28(39-16-20(2)48(36)44-34)9-8-22-17-38-21(3)35-42-33(45-49(22)35)26-14-24(26)29-18-46-12-10-23(50-4)13-32(46)40-29/h6-7,10-13,16-19,24-27H,5,8-9,14-15H2,1-4H3. The Kier molecular flexibility index (Phi) is 6.64. The molecule has 14 heteroatoms. The topological polar surface area (TPSA) is 139 Å². The number of aryl methyl sites for hydroxylation is 4. The Labute approximate surface area is 292 Å². The van der Waals surface area contributed by atoms with Crippen molar-refractivity contribution >= 4 is 22.6 Å². The molecule has 2 aliphatic rings. The van der Waals surface area contributed by atoms with Gasteiger partial charge in [0.2, 0.25) is 0 Å². The predicted octanol–water partition coefficient (Wildman–Crippen LogP) is 5.21. The minimum absolute atomic E-state index is 0.210. The van der Waals surface area contributed by atoms with E-state index in [0.29, 0.717) is 19.4 Å². The molecule has 0 aromatic carbocycles. The van der Waals surface area contributed by atoms with Crippen LogP contribution < -0.4 is 9.47 Å². The molecule has 0 radical (unpaired) electrons. The summed E-state index contributed by atoms with van der Waals surface area (Å²) in [6.45, 7) is 6.58. The van der Waals surface area contributed by atoms with Crippen molar-refractivity contribution < 1.29 is 9.47 Å². The zero-order chi connectivity index (χ0) is 34.4. The van der Waals surface area contributed by atoms with Crippen LogP contribution in [0.5, 0.6) is 11.5 Å². The van der Waals surface area contributed by atoms with Crippen molar-refractivity contribution in [2.24, 2.45) is 0 Å². The maximum atomic E-state index is 5.81. The molecule has 51 heavy (non-hydrogen) atoms. The van der Waals surface area contributed by atoms with E-state index in [2.05, 4.69) is 12.4 Å². The van der Waals surface area contributed by atoms with E-state index in [-0.39, 0.29) is 23.7 Å². The molecule has 0 N–H and O–H groups in total. The van der Waals surface area contributed by atoms with Crippen LogP contribution in [0.25, 0.3) is 22.6 Å². The average Bonchev–Trinajstić information content (AvgIpc) is 3.81. The minimum atomic E-state index is 0.210. The van der Waals surface area contributed by atoms with E-state index in [4.69, 9.17) is 49.6 Å². The summed E-state index contributed by atoms with van der Waals surface area (Å²) in [5, 5.41) is 9.99. The second-order valence-electron chi connectivity index (χ2n) is 13.7. The first kappa shape index (κ1) is 29.9. The van der Waals surface area contributed by atoms with Crippen LogP contribution in [0.3, 0.4) is 0 Å². The molecule has 0 aliphatic heterocycles. The van der Waals surface area contributed by atoms with E-state index < -0.39 is 0 Å². The van der Waals surface area contributed by atoms with Crippen molar-refractivity contribution in [1.82, 2.24) is 57.9 Å². The van der Waals surface area contributed by atoms with Crippen LogP contribution in [0.1, 0.15) is 89.2 Å². The number of ether oxygens (including phenoxy) is 2. The zero-order valence-corrected chi connectivity index (χ0v) is 28.8. The van der Waals surface area contributed by atoms with Crippen molar-refractivity contribution in [2.75, 3.05) is 13.7 Å². The lowest BCUT2D eigenvalue weighted by Crippen LogP contribution is -2.07. The molecule has 14 nitrogen and oxygen atoms in total. The molecule has 256 valence electrons. The van der Waals surface area contributed by atoms with Crippen LogP contribution in [0.4, 0.5) is 0 Å². The molecule has 2 aliphatic carbocycles. The number of hydrogen-bond acceptors (Lipinski definition) is 10. The highest BCUT2D eigenvalue weighted by Gasteiger charge is 2.45. The number of methoxy groups -OCH3 is 1. The summed E-state index contributed by atoms with van der Waals surface area (Å²) < 4.78 is 19.2. The number of pyridine rings is 2. The first-order valence-corrected chi connectivity index (χ1v) is 17.5. The molecule has 8 aromatic heterocycles. The Morgan fingerprint density at radius 1 is 0.765 bits per heavy atom. The van der Waals surface area contributed by atoms with E-state index in [1.807, 2.05) is 87.7 Å². The highest BCUT2D eigenvalue weighted by atomic mass is 16.5.